The molecule has 1 aromatic carbocycles. The number of carbonyl (C=O) groups is 1. The molecule has 1 heterocycles. The lowest BCUT2D eigenvalue weighted by molar-refractivity contribution is -0.113. The standard InChI is InChI=1S/C9H8ClNOS/c10-4-6-1-2-7-8(3-6)13-5-9(12)11-7/h1-3H,4-5H2,(H,11,12). The van der Waals surface area contributed by atoms with Gasteiger partial charge in [-0.05, 0) is 17.7 Å². The first-order valence-electron chi connectivity index (χ1n) is 3.91. The van der Waals surface area contributed by atoms with Gasteiger partial charge in [-0.1, -0.05) is 6.07 Å². The molecule has 13 heavy (non-hydrogen) atoms. The van der Waals surface area contributed by atoms with Crippen molar-refractivity contribution in [1.82, 2.24) is 0 Å². The second-order valence-electron chi connectivity index (χ2n) is 2.80. The molecule has 1 aliphatic heterocycles. The Labute approximate surface area is 85.7 Å². The smallest absolute Gasteiger partial charge is 0.234 e. The van der Waals surface area contributed by atoms with E-state index in [-0.39, 0.29) is 5.91 Å². The zero-order valence-corrected chi connectivity index (χ0v) is 8.41. The Morgan fingerprint density at radius 1 is 1.54 bits per heavy atom. The van der Waals surface area contributed by atoms with Crippen LogP contribution in [-0.4, -0.2) is 11.7 Å². The maximum atomic E-state index is 11.0. The molecule has 0 aromatic heterocycles. The highest BCUT2D eigenvalue weighted by atomic mass is 35.5. The molecule has 2 nitrogen and oxygen atoms in total. The van der Waals surface area contributed by atoms with Crippen LogP contribution in [0, 0.1) is 0 Å². The summed E-state index contributed by atoms with van der Waals surface area (Å²) in [6.07, 6.45) is 0. The van der Waals surface area contributed by atoms with E-state index in [2.05, 4.69) is 5.32 Å². The molecule has 0 radical (unpaired) electrons. The highest BCUT2D eigenvalue weighted by molar-refractivity contribution is 8.00. The van der Waals surface area contributed by atoms with E-state index in [0.29, 0.717) is 11.6 Å². The van der Waals surface area contributed by atoms with E-state index in [1.807, 2.05) is 18.2 Å². The first kappa shape index (κ1) is 8.91. The number of benzene rings is 1. The lowest BCUT2D eigenvalue weighted by Crippen LogP contribution is -2.18. The molecular weight excluding hydrogens is 206 g/mol. The van der Waals surface area contributed by atoms with Crippen molar-refractivity contribution in [2.45, 2.75) is 10.8 Å². The number of anilines is 1. The molecule has 0 saturated heterocycles. The van der Waals surface area contributed by atoms with E-state index in [1.165, 1.54) is 0 Å². The highest BCUT2D eigenvalue weighted by Gasteiger charge is 2.14. The van der Waals surface area contributed by atoms with Gasteiger partial charge in [-0.3, -0.25) is 4.79 Å². The maximum absolute atomic E-state index is 11.0. The average Bonchev–Trinajstić information content (AvgIpc) is 2.17. The Balaban J connectivity index is 2.36. The summed E-state index contributed by atoms with van der Waals surface area (Å²) in [5.41, 5.74) is 1.99. The number of thioether (sulfide) groups is 1. The third-order valence-electron chi connectivity index (χ3n) is 1.83. The fraction of sp³-hybridized carbons (Fsp3) is 0.222. The number of halogens is 1. The van der Waals surface area contributed by atoms with Crippen LogP contribution in [0.1, 0.15) is 5.56 Å². The van der Waals surface area contributed by atoms with E-state index in [4.69, 9.17) is 11.6 Å². The van der Waals surface area contributed by atoms with Crippen molar-refractivity contribution >= 4 is 35.0 Å². The normalized spacial score (nSPS) is 15.0. The Hall–Kier alpha value is -0.670. The van der Waals surface area contributed by atoms with Crippen LogP contribution in [0.25, 0.3) is 0 Å². The quantitative estimate of drug-likeness (QED) is 0.727. The first-order valence-corrected chi connectivity index (χ1v) is 5.43. The van der Waals surface area contributed by atoms with E-state index >= 15 is 0 Å². The van der Waals surface area contributed by atoms with Crippen LogP contribution < -0.4 is 5.32 Å². The molecule has 0 aliphatic carbocycles. The van der Waals surface area contributed by atoms with Crippen molar-refractivity contribution in [1.29, 1.82) is 0 Å². The summed E-state index contributed by atoms with van der Waals surface area (Å²) in [4.78, 5) is 12.1. The second-order valence-corrected chi connectivity index (χ2v) is 4.09. The van der Waals surface area contributed by atoms with Crippen molar-refractivity contribution in [3.63, 3.8) is 0 Å². The lowest BCUT2D eigenvalue weighted by Gasteiger charge is -2.16. The van der Waals surface area contributed by atoms with Gasteiger partial charge in [0.2, 0.25) is 5.91 Å². The third-order valence-corrected chi connectivity index (χ3v) is 3.20. The summed E-state index contributed by atoms with van der Waals surface area (Å²) in [5, 5.41) is 2.81. The Kier molecular flexibility index (Phi) is 2.47. The molecule has 1 aromatic rings. The SMILES string of the molecule is O=C1CSc2cc(CCl)ccc2N1. The van der Waals surface area contributed by atoms with Gasteiger partial charge in [0.1, 0.15) is 0 Å². The van der Waals surface area contributed by atoms with Gasteiger partial charge in [0, 0.05) is 10.8 Å². The van der Waals surface area contributed by atoms with E-state index in [0.717, 1.165) is 16.1 Å². The van der Waals surface area contributed by atoms with Crippen LogP contribution in [0.4, 0.5) is 5.69 Å². The van der Waals surface area contributed by atoms with Crippen molar-refractivity contribution < 1.29 is 4.79 Å². The van der Waals surface area contributed by atoms with Gasteiger partial charge < -0.3 is 5.32 Å². The maximum Gasteiger partial charge on any atom is 0.234 e. The average molecular weight is 214 g/mol. The summed E-state index contributed by atoms with van der Waals surface area (Å²) >= 11 is 7.26. The lowest BCUT2D eigenvalue weighted by atomic mass is 10.2. The number of nitrogens with one attached hydrogen (secondary N) is 1. The van der Waals surface area contributed by atoms with Crippen LogP contribution in [0.2, 0.25) is 0 Å². The molecule has 0 spiro atoms. The van der Waals surface area contributed by atoms with Crippen LogP contribution in [-0.2, 0) is 10.7 Å². The first-order chi connectivity index (χ1) is 6.29. The van der Waals surface area contributed by atoms with Gasteiger partial charge in [0.15, 0.2) is 0 Å². The van der Waals surface area contributed by atoms with Gasteiger partial charge in [-0.2, -0.15) is 0 Å². The topological polar surface area (TPSA) is 29.1 Å². The number of alkyl halides is 1. The minimum atomic E-state index is 0.0659. The summed E-state index contributed by atoms with van der Waals surface area (Å²) in [6, 6.07) is 5.85. The predicted octanol–water partition coefficient (Wildman–Crippen LogP) is 2.47. The summed E-state index contributed by atoms with van der Waals surface area (Å²) in [6.45, 7) is 0. The summed E-state index contributed by atoms with van der Waals surface area (Å²) in [7, 11) is 0. The van der Waals surface area contributed by atoms with Crippen molar-refractivity contribution in [2.75, 3.05) is 11.1 Å². The van der Waals surface area contributed by atoms with Gasteiger partial charge in [-0.15, -0.1) is 23.4 Å². The molecule has 0 saturated carbocycles. The van der Waals surface area contributed by atoms with Gasteiger partial charge in [0.25, 0.3) is 0 Å². The van der Waals surface area contributed by atoms with Gasteiger partial charge in [-0.25, -0.2) is 0 Å². The fourth-order valence-electron chi connectivity index (χ4n) is 1.20. The van der Waals surface area contributed by atoms with Crippen LogP contribution in [0.15, 0.2) is 23.1 Å². The minimum absolute atomic E-state index is 0.0659. The monoisotopic (exact) mass is 213 g/mol. The number of rotatable bonds is 1. The number of hydrogen-bond acceptors (Lipinski definition) is 2. The molecule has 1 aliphatic rings. The minimum Gasteiger partial charge on any atom is -0.324 e. The molecule has 0 unspecified atom stereocenters. The van der Waals surface area contributed by atoms with Gasteiger partial charge in [0.05, 0.1) is 11.4 Å². The van der Waals surface area contributed by atoms with Crippen molar-refractivity contribution in [3.8, 4) is 0 Å². The number of amides is 1. The van der Waals surface area contributed by atoms with Crippen LogP contribution in [0.3, 0.4) is 0 Å². The molecule has 1 amide bonds. The molecular formula is C9H8ClNOS. The number of fused-ring (bicyclic) bond motifs is 1. The molecule has 0 fully saturated rings. The second kappa shape index (κ2) is 3.60. The van der Waals surface area contributed by atoms with E-state index < -0.39 is 0 Å². The Bertz CT molecular complexity index is 353. The van der Waals surface area contributed by atoms with Crippen LogP contribution >= 0.6 is 23.4 Å². The molecule has 1 N–H and O–H groups in total. The zero-order valence-electron chi connectivity index (χ0n) is 6.84. The highest BCUT2D eigenvalue weighted by Crippen LogP contribution is 2.32. The Morgan fingerprint density at radius 3 is 3.15 bits per heavy atom. The molecule has 68 valence electrons. The van der Waals surface area contributed by atoms with Gasteiger partial charge >= 0.3 is 0 Å². The number of carbonyl (C=O) groups excluding carboxylic acids is 1. The van der Waals surface area contributed by atoms with Crippen LogP contribution in [0.5, 0.6) is 0 Å². The largest absolute Gasteiger partial charge is 0.324 e. The van der Waals surface area contributed by atoms with E-state index in [1.54, 1.807) is 11.8 Å². The summed E-state index contributed by atoms with van der Waals surface area (Å²) < 4.78 is 0. The third kappa shape index (κ3) is 1.81. The molecule has 0 bridgehead atoms. The Morgan fingerprint density at radius 2 is 2.38 bits per heavy atom. The van der Waals surface area contributed by atoms with Crippen molar-refractivity contribution in [3.05, 3.63) is 23.8 Å². The summed E-state index contributed by atoms with van der Waals surface area (Å²) in [5.74, 6) is 1.08. The molecule has 2 rings (SSSR count). The number of hydrogen-bond donors (Lipinski definition) is 1. The van der Waals surface area contributed by atoms with Crippen molar-refractivity contribution in [2.24, 2.45) is 0 Å². The molecule has 4 heteroatoms. The van der Waals surface area contributed by atoms with E-state index in [9.17, 15) is 4.79 Å². The predicted molar refractivity (Wildman–Crippen MR) is 55.4 cm³/mol. The zero-order chi connectivity index (χ0) is 9.26. The fourth-order valence-corrected chi connectivity index (χ4v) is 2.24. The molecule has 0 atom stereocenters.